The van der Waals surface area contributed by atoms with Crippen molar-refractivity contribution < 1.29 is 13.2 Å². The lowest BCUT2D eigenvalue weighted by Crippen LogP contribution is -2.47. The Morgan fingerprint density at radius 1 is 1.32 bits per heavy atom. The minimum absolute atomic E-state index is 0.0203. The zero-order valence-electron chi connectivity index (χ0n) is 15.2. The predicted molar refractivity (Wildman–Crippen MR) is 104 cm³/mol. The van der Waals surface area contributed by atoms with E-state index in [4.69, 9.17) is 0 Å². The number of amides is 1. The molecule has 1 amide bonds. The first-order valence-corrected chi connectivity index (χ1v) is 10.8. The number of nitrogens with one attached hydrogen (secondary N) is 2. The van der Waals surface area contributed by atoms with Crippen molar-refractivity contribution in [2.75, 3.05) is 18.1 Å². The van der Waals surface area contributed by atoms with Crippen molar-refractivity contribution in [3.63, 3.8) is 0 Å². The predicted octanol–water partition coefficient (Wildman–Crippen LogP) is 1.34. The van der Waals surface area contributed by atoms with Crippen molar-refractivity contribution in [1.29, 1.82) is 0 Å². The highest BCUT2D eigenvalue weighted by Gasteiger charge is 2.35. The smallest absolute Gasteiger partial charge is 0.257 e. The van der Waals surface area contributed by atoms with Gasteiger partial charge in [-0.2, -0.15) is 4.31 Å². The Kier molecular flexibility index (Phi) is 4.82. The number of carbonyl (C=O) groups is 1. The summed E-state index contributed by atoms with van der Waals surface area (Å²) < 4.78 is 25.5. The fourth-order valence-electron chi connectivity index (χ4n) is 3.58. The van der Waals surface area contributed by atoms with Gasteiger partial charge in [-0.1, -0.05) is 24.3 Å². The van der Waals surface area contributed by atoms with E-state index < -0.39 is 10.0 Å². The molecule has 2 atom stereocenters. The molecule has 146 valence electrons. The summed E-state index contributed by atoms with van der Waals surface area (Å²) in [5, 5.41) is 10.6. The maximum Gasteiger partial charge on any atom is 0.257 e. The van der Waals surface area contributed by atoms with E-state index in [1.54, 1.807) is 30.5 Å². The second-order valence-corrected chi connectivity index (χ2v) is 8.78. The summed E-state index contributed by atoms with van der Waals surface area (Å²) in [4.78, 5) is 19.7. The summed E-state index contributed by atoms with van der Waals surface area (Å²) in [6.07, 6.45) is 9.77. The standard InChI is InChI=1S/C18H20N6O3S/c1-28(26,27)24-10-4-5-12-11-13(7-8-15(12)24)17(25)21-18-20-16(22-23-18)14-6-2-3-9-19-14/h2-3,6-9,11-12,15H,4-5,10H2,1H3,(H2,20,21,22,23,25). The number of rotatable bonds is 4. The molecule has 2 unspecified atom stereocenters. The van der Waals surface area contributed by atoms with Gasteiger partial charge in [0.15, 0.2) is 5.82 Å². The van der Waals surface area contributed by atoms with E-state index in [2.05, 4.69) is 25.5 Å². The van der Waals surface area contributed by atoms with Gasteiger partial charge >= 0.3 is 0 Å². The molecule has 1 saturated heterocycles. The highest BCUT2D eigenvalue weighted by Crippen LogP contribution is 2.32. The molecule has 4 rings (SSSR count). The zero-order valence-corrected chi connectivity index (χ0v) is 16.1. The van der Waals surface area contributed by atoms with Gasteiger partial charge in [0.2, 0.25) is 16.0 Å². The van der Waals surface area contributed by atoms with Crippen LogP contribution >= 0.6 is 0 Å². The van der Waals surface area contributed by atoms with Crippen LogP contribution in [0, 0.1) is 5.92 Å². The lowest BCUT2D eigenvalue weighted by atomic mass is 9.85. The van der Waals surface area contributed by atoms with Crippen LogP contribution in [0.3, 0.4) is 0 Å². The van der Waals surface area contributed by atoms with Crippen LogP contribution in [0.4, 0.5) is 5.95 Å². The Hall–Kier alpha value is -2.85. The van der Waals surface area contributed by atoms with Gasteiger partial charge in [-0.3, -0.25) is 15.1 Å². The molecule has 0 saturated carbocycles. The average Bonchev–Trinajstić information content (AvgIpc) is 3.15. The van der Waals surface area contributed by atoms with Crippen LogP contribution in [0.15, 0.2) is 48.2 Å². The second-order valence-electron chi connectivity index (χ2n) is 6.84. The molecule has 2 aliphatic rings. The average molecular weight is 400 g/mol. The van der Waals surface area contributed by atoms with Crippen molar-refractivity contribution in [2.45, 2.75) is 18.9 Å². The Morgan fingerprint density at radius 2 is 2.18 bits per heavy atom. The number of H-pyrrole nitrogens is 1. The van der Waals surface area contributed by atoms with Gasteiger partial charge in [0, 0.05) is 24.4 Å². The molecule has 1 aliphatic carbocycles. The SMILES string of the molecule is CS(=O)(=O)N1CCCC2C=C(C(=O)Nc3nnc(-c4ccccn4)[nH]3)C=CC21. The van der Waals surface area contributed by atoms with Crippen LogP contribution in [-0.2, 0) is 14.8 Å². The summed E-state index contributed by atoms with van der Waals surface area (Å²) in [6, 6.07) is 5.19. The van der Waals surface area contributed by atoms with Gasteiger partial charge in [0.05, 0.1) is 6.26 Å². The molecule has 0 bridgehead atoms. The number of fused-ring (bicyclic) bond motifs is 1. The first kappa shape index (κ1) is 18.5. The zero-order chi connectivity index (χ0) is 19.7. The lowest BCUT2D eigenvalue weighted by molar-refractivity contribution is -0.112. The van der Waals surface area contributed by atoms with Crippen molar-refractivity contribution in [1.82, 2.24) is 24.5 Å². The van der Waals surface area contributed by atoms with E-state index in [1.807, 2.05) is 12.1 Å². The molecule has 2 aromatic rings. The highest BCUT2D eigenvalue weighted by atomic mass is 32.2. The fourth-order valence-corrected chi connectivity index (χ4v) is 4.71. The Labute approximate surface area is 162 Å². The molecule has 1 aliphatic heterocycles. The van der Waals surface area contributed by atoms with E-state index in [-0.39, 0.29) is 23.8 Å². The van der Waals surface area contributed by atoms with Crippen LogP contribution in [0.2, 0.25) is 0 Å². The van der Waals surface area contributed by atoms with E-state index in [1.165, 1.54) is 10.6 Å². The van der Waals surface area contributed by atoms with Gasteiger partial charge in [0.25, 0.3) is 5.91 Å². The number of anilines is 1. The summed E-state index contributed by atoms with van der Waals surface area (Å²) in [5.41, 5.74) is 1.10. The number of hydrogen-bond acceptors (Lipinski definition) is 6. The fraction of sp³-hybridized carbons (Fsp3) is 0.333. The maximum absolute atomic E-state index is 12.6. The van der Waals surface area contributed by atoms with Gasteiger partial charge < -0.3 is 4.98 Å². The lowest BCUT2D eigenvalue weighted by Gasteiger charge is -2.38. The number of aromatic amines is 1. The van der Waals surface area contributed by atoms with Crippen LogP contribution < -0.4 is 5.32 Å². The minimum Gasteiger partial charge on any atom is -0.306 e. The van der Waals surface area contributed by atoms with E-state index in [9.17, 15) is 13.2 Å². The quantitative estimate of drug-likeness (QED) is 0.799. The van der Waals surface area contributed by atoms with Crippen LogP contribution in [0.5, 0.6) is 0 Å². The van der Waals surface area contributed by atoms with Crippen molar-refractivity contribution in [3.8, 4) is 11.5 Å². The monoisotopic (exact) mass is 400 g/mol. The molecule has 28 heavy (non-hydrogen) atoms. The molecule has 10 heteroatoms. The maximum atomic E-state index is 12.6. The van der Waals surface area contributed by atoms with Crippen LogP contribution in [0.1, 0.15) is 12.8 Å². The molecule has 1 fully saturated rings. The molecule has 2 aromatic heterocycles. The summed E-state index contributed by atoms with van der Waals surface area (Å²) in [5.74, 6) is 0.339. The minimum atomic E-state index is -3.28. The summed E-state index contributed by atoms with van der Waals surface area (Å²) in [6.45, 7) is 0.508. The molecule has 0 spiro atoms. The number of pyridine rings is 1. The number of piperidine rings is 1. The Balaban J connectivity index is 1.47. The van der Waals surface area contributed by atoms with Gasteiger partial charge in [-0.25, -0.2) is 8.42 Å². The van der Waals surface area contributed by atoms with Crippen molar-refractivity contribution in [2.24, 2.45) is 5.92 Å². The van der Waals surface area contributed by atoms with Crippen LogP contribution in [0.25, 0.3) is 11.5 Å². The number of hydrogen-bond donors (Lipinski definition) is 2. The highest BCUT2D eigenvalue weighted by molar-refractivity contribution is 7.88. The van der Waals surface area contributed by atoms with Crippen molar-refractivity contribution in [3.05, 3.63) is 48.2 Å². The molecular formula is C18H20N6O3S. The van der Waals surface area contributed by atoms with E-state index >= 15 is 0 Å². The molecular weight excluding hydrogens is 380 g/mol. The Bertz CT molecular complexity index is 1040. The number of carbonyl (C=O) groups excluding carboxylic acids is 1. The van der Waals surface area contributed by atoms with Crippen molar-refractivity contribution >= 4 is 21.9 Å². The third kappa shape index (κ3) is 3.73. The second kappa shape index (κ2) is 7.28. The van der Waals surface area contributed by atoms with Gasteiger partial charge in [0.1, 0.15) is 5.69 Å². The van der Waals surface area contributed by atoms with E-state index in [0.29, 0.717) is 23.6 Å². The molecule has 0 aromatic carbocycles. The first-order chi connectivity index (χ1) is 13.4. The topological polar surface area (TPSA) is 121 Å². The molecule has 3 heterocycles. The molecule has 2 N–H and O–H groups in total. The normalized spacial score (nSPS) is 22.4. The Morgan fingerprint density at radius 3 is 2.93 bits per heavy atom. The molecule has 9 nitrogen and oxygen atoms in total. The first-order valence-electron chi connectivity index (χ1n) is 8.94. The van der Waals surface area contributed by atoms with Crippen LogP contribution in [-0.4, -0.2) is 57.6 Å². The largest absolute Gasteiger partial charge is 0.306 e. The summed E-state index contributed by atoms with van der Waals surface area (Å²) >= 11 is 0. The third-order valence-corrected chi connectivity index (χ3v) is 6.15. The summed E-state index contributed by atoms with van der Waals surface area (Å²) in [7, 11) is -3.28. The van der Waals surface area contributed by atoms with E-state index in [0.717, 1.165) is 12.8 Å². The number of aromatic nitrogens is 4. The number of nitrogens with zero attached hydrogens (tertiary/aromatic N) is 4. The van der Waals surface area contributed by atoms with Gasteiger partial charge in [-0.05, 0) is 30.9 Å². The number of sulfonamides is 1. The van der Waals surface area contributed by atoms with Gasteiger partial charge in [-0.15, -0.1) is 10.2 Å². The molecule has 0 radical (unpaired) electrons. The third-order valence-electron chi connectivity index (χ3n) is 4.87.